The molecule has 6 heteroatoms. The molecule has 1 aliphatic rings. The number of hydrogen-bond donors (Lipinski definition) is 1. The van der Waals surface area contributed by atoms with E-state index in [2.05, 4.69) is 5.16 Å². The molecule has 20 heavy (non-hydrogen) atoms. The number of hydrogen-bond acceptors (Lipinski definition) is 3. The van der Waals surface area contributed by atoms with Gasteiger partial charge in [0.15, 0.2) is 0 Å². The topological polar surface area (TPSA) is 52.9 Å². The molecule has 1 heterocycles. The molecule has 0 radical (unpaired) electrons. The number of amides is 1. The standard InChI is InChI=1S/C14H16FIN2O2/c1-2-9-8-18(6-5-13(9)17-20)14(19)11-4-3-10(15)7-12(11)16/h3-4,7,9,20H,2,5-6,8H2,1H3/b17-13+. The molecule has 108 valence electrons. The van der Waals surface area contributed by atoms with Gasteiger partial charge >= 0.3 is 0 Å². The van der Waals surface area contributed by atoms with Crippen molar-refractivity contribution >= 4 is 34.2 Å². The quantitative estimate of drug-likeness (QED) is 0.479. The molecule has 1 aromatic rings. The van der Waals surface area contributed by atoms with E-state index in [1.54, 1.807) is 4.90 Å². The van der Waals surface area contributed by atoms with E-state index in [1.807, 2.05) is 29.5 Å². The molecule has 0 bridgehead atoms. The van der Waals surface area contributed by atoms with E-state index >= 15 is 0 Å². The number of piperidine rings is 1. The molecule has 2 rings (SSSR count). The Morgan fingerprint density at radius 3 is 2.95 bits per heavy atom. The predicted molar refractivity (Wildman–Crippen MR) is 82.6 cm³/mol. The lowest BCUT2D eigenvalue weighted by atomic mass is 9.93. The van der Waals surface area contributed by atoms with Gasteiger partial charge in [-0.25, -0.2) is 4.39 Å². The van der Waals surface area contributed by atoms with Crippen LogP contribution in [0.1, 0.15) is 30.1 Å². The number of likely N-dealkylation sites (tertiary alicyclic amines) is 1. The minimum absolute atomic E-state index is 0.0927. The molecule has 1 unspecified atom stereocenters. The second-order valence-electron chi connectivity index (χ2n) is 4.82. The van der Waals surface area contributed by atoms with Gasteiger partial charge in [-0.15, -0.1) is 0 Å². The SMILES string of the molecule is CCC1CN(C(=O)c2ccc(F)cc2I)CC/C1=N\O. The summed E-state index contributed by atoms with van der Waals surface area (Å²) in [5.74, 6) is -0.341. The molecule has 1 aliphatic heterocycles. The zero-order valence-electron chi connectivity index (χ0n) is 11.1. The van der Waals surface area contributed by atoms with Crippen LogP contribution in [0.4, 0.5) is 4.39 Å². The molecule has 4 nitrogen and oxygen atoms in total. The molecular formula is C14H16FIN2O2. The summed E-state index contributed by atoms with van der Waals surface area (Å²) < 4.78 is 13.7. The van der Waals surface area contributed by atoms with Gasteiger partial charge in [0.25, 0.3) is 5.91 Å². The molecule has 0 spiro atoms. The summed E-state index contributed by atoms with van der Waals surface area (Å²) in [6, 6.07) is 4.18. The van der Waals surface area contributed by atoms with Crippen molar-refractivity contribution in [3.63, 3.8) is 0 Å². The summed E-state index contributed by atoms with van der Waals surface area (Å²) in [5, 5.41) is 12.3. The van der Waals surface area contributed by atoms with E-state index in [0.717, 1.165) is 12.1 Å². The third-order valence-electron chi connectivity index (χ3n) is 3.62. The lowest BCUT2D eigenvalue weighted by Gasteiger charge is -2.33. The van der Waals surface area contributed by atoms with E-state index < -0.39 is 0 Å². The molecule has 1 amide bonds. The number of nitrogens with zero attached hydrogens (tertiary/aromatic N) is 2. The number of oxime groups is 1. The van der Waals surface area contributed by atoms with Crippen LogP contribution in [0.3, 0.4) is 0 Å². The molecular weight excluding hydrogens is 374 g/mol. The third-order valence-corrected chi connectivity index (χ3v) is 4.51. The maximum Gasteiger partial charge on any atom is 0.254 e. The van der Waals surface area contributed by atoms with Crippen molar-refractivity contribution in [2.45, 2.75) is 19.8 Å². The van der Waals surface area contributed by atoms with Gasteiger partial charge in [0.05, 0.1) is 11.3 Å². The van der Waals surface area contributed by atoms with Crippen LogP contribution in [0, 0.1) is 15.3 Å². The van der Waals surface area contributed by atoms with Gasteiger partial charge in [0, 0.05) is 29.0 Å². The van der Waals surface area contributed by atoms with E-state index in [9.17, 15) is 9.18 Å². The van der Waals surface area contributed by atoms with Gasteiger partial charge in [-0.2, -0.15) is 0 Å². The van der Waals surface area contributed by atoms with Gasteiger partial charge in [0.2, 0.25) is 0 Å². The Labute approximate surface area is 130 Å². The summed E-state index contributed by atoms with van der Waals surface area (Å²) in [6.07, 6.45) is 1.40. The smallest absolute Gasteiger partial charge is 0.254 e. The Hall–Kier alpha value is -1.18. The summed E-state index contributed by atoms with van der Waals surface area (Å²) in [6.45, 7) is 3.08. The van der Waals surface area contributed by atoms with Gasteiger partial charge < -0.3 is 10.1 Å². The van der Waals surface area contributed by atoms with Crippen LogP contribution in [0.25, 0.3) is 0 Å². The lowest BCUT2D eigenvalue weighted by molar-refractivity contribution is 0.0728. The lowest BCUT2D eigenvalue weighted by Crippen LogP contribution is -2.44. The average molecular weight is 390 g/mol. The fourth-order valence-corrected chi connectivity index (χ4v) is 3.14. The highest BCUT2D eigenvalue weighted by molar-refractivity contribution is 14.1. The Morgan fingerprint density at radius 2 is 2.35 bits per heavy atom. The molecule has 0 aromatic heterocycles. The van der Waals surface area contributed by atoms with Crippen molar-refractivity contribution in [3.05, 3.63) is 33.1 Å². The molecule has 1 aromatic carbocycles. The first-order valence-corrected chi connectivity index (χ1v) is 7.59. The molecule has 1 saturated heterocycles. The molecule has 0 aliphatic carbocycles. The van der Waals surface area contributed by atoms with Gasteiger partial charge in [-0.3, -0.25) is 4.79 Å². The van der Waals surface area contributed by atoms with Crippen LogP contribution in [0.2, 0.25) is 0 Å². The van der Waals surface area contributed by atoms with Gasteiger partial charge in [0.1, 0.15) is 5.82 Å². The summed E-state index contributed by atoms with van der Waals surface area (Å²) in [7, 11) is 0. The first-order valence-electron chi connectivity index (χ1n) is 6.52. The molecule has 0 saturated carbocycles. The van der Waals surface area contributed by atoms with E-state index in [0.29, 0.717) is 28.6 Å². The second kappa shape index (κ2) is 6.51. The maximum absolute atomic E-state index is 13.1. The van der Waals surface area contributed by atoms with Crippen LogP contribution in [0.5, 0.6) is 0 Å². The normalized spacial score (nSPS) is 21.2. The highest BCUT2D eigenvalue weighted by Crippen LogP contribution is 2.22. The number of benzene rings is 1. The van der Waals surface area contributed by atoms with Crippen molar-refractivity contribution in [1.29, 1.82) is 0 Å². The number of halogens is 2. The second-order valence-corrected chi connectivity index (χ2v) is 5.98. The van der Waals surface area contributed by atoms with E-state index in [1.165, 1.54) is 18.2 Å². The maximum atomic E-state index is 13.1. The van der Waals surface area contributed by atoms with Crippen LogP contribution >= 0.6 is 22.6 Å². The first kappa shape index (κ1) is 15.2. The zero-order chi connectivity index (χ0) is 14.7. The largest absolute Gasteiger partial charge is 0.411 e. The van der Waals surface area contributed by atoms with Crippen molar-refractivity contribution in [3.8, 4) is 0 Å². The first-order chi connectivity index (χ1) is 9.56. The molecule has 1 atom stereocenters. The Kier molecular flexibility index (Phi) is 4.95. The van der Waals surface area contributed by atoms with Crippen molar-refractivity contribution in [1.82, 2.24) is 4.90 Å². The Bertz CT molecular complexity index is 548. The summed E-state index contributed by atoms with van der Waals surface area (Å²) in [5.41, 5.74) is 1.27. The predicted octanol–water partition coefficient (Wildman–Crippen LogP) is 3.13. The fraction of sp³-hybridized carbons (Fsp3) is 0.429. The van der Waals surface area contributed by atoms with Crippen LogP contribution in [-0.2, 0) is 0 Å². The van der Waals surface area contributed by atoms with Crippen LogP contribution in [-0.4, -0.2) is 34.8 Å². The van der Waals surface area contributed by atoms with Gasteiger partial charge in [-0.1, -0.05) is 12.1 Å². The van der Waals surface area contributed by atoms with Crippen molar-refractivity contribution in [2.75, 3.05) is 13.1 Å². The third kappa shape index (κ3) is 3.11. The molecule has 1 N–H and O–H groups in total. The Balaban J connectivity index is 2.18. The number of carbonyl (C=O) groups is 1. The van der Waals surface area contributed by atoms with E-state index in [4.69, 9.17) is 5.21 Å². The number of carbonyl (C=O) groups excluding carboxylic acids is 1. The van der Waals surface area contributed by atoms with E-state index in [-0.39, 0.29) is 17.6 Å². The Morgan fingerprint density at radius 1 is 1.60 bits per heavy atom. The monoisotopic (exact) mass is 390 g/mol. The van der Waals surface area contributed by atoms with Crippen molar-refractivity contribution < 1.29 is 14.4 Å². The minimum Gasteiger partial charge on any atom is -0.411 e. The zero-order valence-corrected chi connectivity index (χ0v) is 13.3. The summed E-state index contributed by atoms with van der Waals surface area (Å²) in [4.78, 5) is 14.2. The highest BCUT2D eigenvalue weighted by Gasteiger charge is 2.29. The summed E-state index contributed by atoms with van der Waals surface area (Å²) >= 11 is 1.97. The van der Waals surface area contributed by atoms with Gasteiger partial charge in [-0.05, 0) is 47.2 Å². The number of rotatable bonds is 2. The minimum atomic E-state index is -0.342. The van der Waals surface area contributed by atoms with Crippen LogP contribution < -0.4 is 0 Å². The highest BCUT2D eigenvalue weighted by atomic mass is 127. The fourth-order valence-electron chi connectivity index (χ4n) is 2.43. The van der Waals surface area contributed by atoms with Crippen LogP contribution in [0.15, 0.2) is 23.4 Å². The van der Waals surface area contributed by atoms with Crippen molar-refractivity contribution in [2.24, 2.45) is 11.1 Å². The molecule has 1 fully saturated rings. The average Bonchev–Trinajstić information content (AvgIpc) is 2.45.